The number of hydrogen-bond acceptors (Lipinski definition) is 4. The van der Waals surface area contributed by atoms with Gasteiger partial charge in [-0.25, -0.2) is 4.79 Å². The molecule has 0 fully saturated rings. The van der Waals surface area contributed by atoms with Crippen molar-refractivity contribution in [2.75, 3.05) is 0 Å². The Hall–Kier alpha value is -3.00. The zero-order valence-corrected chi connectivity index (χ0v) is 13.4. The molecular weight excluding hydrogens is 355 g/mol. The van der Waals surface area contributed by atoms with Crippen molar-refractivity contribution in [3.8, 4) is 0 Å². The largest absolute Gasteiger partial charge is 0.480 e. The van der Waals surface area contributed by atoms with Crippen molar-refractivity contribution in [1.82, 2.24) is 5.32 Å². The normalized spacial score (nSPS) is 11.6. The van der Waals surface area contributed by atoms with Crippen LogP contribution in [0.1, 0.15) is 15.9 Å². The summed E-state index contributed by atoms with van der Waals surface area (Å²) in [7, 11) is 0. The number of nitrogens with one attached hydrogen (secondary N) is 1. The summed E-state index contributed by atoms with van der Waals surface area (Å²) in [5, 5.41) is 22.8. The molecule has 0 radical (unpaired) electrons. The van der Waals surface area contributed by atoms with Crippen LogP contribution >= 0.6 is 11.6 Å². The number of carbonyl (C=O) groups is 2. The Bertz CT molecular complexity index is 826. The fourth-order valence-electron chi connectivity index (χ4n) is 2.10. The number of aliphatic carboxylic acids is 1. The molecule has 2 N–H and O–H groups in total. The predicted octanol–water partition coefficient (Wildman–Crippen LogP) is 2.81. The van der Waals surface area contributed by atoms with Gasteiger partial charge in [-0.3, -0.25) is 14.9 Å². The lowest BCUT2D eigenvalue weighted by molar-refractivity contribution is -0.387. The van der Waals surface area contributed by atoms with Crippen LogP contribution in [-0.4, -0.2) is 27.9 Å². The maximum atomic E-state index is 13.3. The molecule has 7 nitrogen and oxygen atoms in total. The average Bonchev–Trinajstić information content (AvgIpc) is 2.56. The van der Waals surface area contributed by atoms with Gasteiger partial charge in [0, 0.05) is 23.1 Å². The van der Waals surface area contributed by atoms with Gasteiger partial charge in [0.25, 0.3) is 5.91 Å². The van der Waals surface area contributed by atoms with E-state index in [1.54, 1.807) is 0 Å². The van der Waals surface area contributed by atoms with E-state index in [-0.39, 0.29) is 17.5 Å². The molecule has 9 heteroatoms. The molecule has 0 saturated heterocycles. The van der Waals surface area contributed by atoms with Crippen LogP contribution in [0.5, 0.6) is 0 Å². The van der Waals surface area contributed by atoms with E-state index < -0.39 is 34.3 Å². The number of amides is 1. The Labute approximate surface area is 146 Å². The molecule has 2 aromatic carbocycles. The minimum absolute atomic E-state index is 0.205. The molecule has 1 atom stereocenters. The van der Waals surface area contributed by atoms with E-state index >= 15 is 0 Å². The molecule has 0 unspecified atom stereocenters. The second-order valence-electron chi connectivity index (χ2n) is 5.12. The average molecular weight is 367 g/mol. The number of rotatable bonds is 6. The lowest BCUT2D eigenvalue weighted by atomic mass is 10.0. The Balaban J connectivity index is 2.17. The summed E-state index contributed by atoms with van der Waals surface area (Å²) in [6.07, 6.45) is -0.240. The van der Waals surface area contributed by atoms with Crippen molar-refractivity contribution in [2.24, 2.45) is 0 Å². The number of carboxylic acids is 1. The van der Waals surface area contributed by atoms with E-state index in [0.29, 0.717) is 5.02 Å². The third kappa shape index (κ3) is 4.74. The summed E-state index contributed by atoms with van der Waals surface area (Å²) in [6.45, 7) is 0. The molecule has 0 aromatic heterocycles. The van der Waals surface area contributed by atoms with Crippen LogP contribution < -0.4 is 5.32 Å². The van der Waals surface area contributed by atoms with Crippen molar-refractivity contribution in [3.63, 3.8) is 0 Å². The lowest BCUT2D eigenvalue weighted by Gasteiger charge is -2.15. The van der Waals surface area contributed by atoms with Gasteiger partial charge >= 0.3 is 11.7 Å². The standard InChI is InChI=1S/C16H12ClFN2O5/c17-11-4-2-10(3-5-11)15(21)19-13(16(22)23)7-9-1-6-12(18)14(8-9)20(24)25/h1-6,8,13H,7H2,(H,19,21)(H,22,23)/t13-/m1/s1. The minimum atomic E-state index is -1.34. The molecular formula is C16H12ClFN2O5. The topological polar surface area (TPSA) is 110 Å². The van der Waals surface area contributed by atoms with E-state index in [9.17, 15) is 29.2 Å². The number of hydrogen-bond donors (Lipinski definition) is 2. The Morgan fingerprint density at radius 3 is 2.44 bits per heavy atom. The second kappa shape index (κ2) is 7.71. The number of halogens is 2. The van der Waals surface area contributed by atoms with Crippen LogP contribution in [0.4, 0.5) is 10.1 Å². The first-order chi connectivity index (χ1) is 11.8. The highest BCUT2D eigenvalue weighted by atomic mass is 35.5. The van der Waals surface area contributed by atoms with E-state index in [1.807, 2.05) is 0 Å². The van der Waals surface area contributed by atoms with Gasteiger partial charge < -0.3 is 10.4 Å². The van der Waals surface area contributed by atoms with Crippen LogP contribution in [0.15, 0.2) is 42.5 Å². The quantitative estimate of drug-likeness (QED) is 0.603. The molecule has 25 heavy (non-hydrogen) atoms. The Morgan fingerprint density at radius 2 is 1.88 bits per heavy atom. The van der Waals surface area contributed by atoms with Crippen molar-refractivity contribution < 1.29 is 24.0 Å². The molecule has 2 aromatic rings. The maximum absolute atomic E-state index is 13.3. The monoisotopic (exact) mass is 366 g/mol. The van der Waals surface area contributed by atoms with Gasteiger partial charge in [0.2, 0.25) is 5.82 Å². The molecule has 0 bridgehead atoms. The van der Waals surface area contributed by atoms with Gasteiger partial charge in [-0.15, -0.1) is 0 Å². The van der Waals surface area contributed by atoms with Gasteiger partial charge in [-0.1, -0.05) is 17.7 Å². The summed E-state index contributed by atoms with van der Waals surface area (Å²) in [6, 6.07) is 7.54. The highest BCUT2D eigenvalue weighted by Crippen LogP contribution is 2.19. The molecule has 2 rings (SSSR count). The zero-order chi connectivity index (χ0) is 18.6. The minimum Gasteiger partial charge on any atom is -0.480 e. The second-order valence-corrected chi connectivity index (χ2v) is 5.55. The van der Waals surface area contributed by atoms with Crippen molar-refractivity contribution in [2.45, 2.75) is 12.5 Å². The molecule has 0 spiro atoms. The fraction of sp³-hybridized carbons (Fsp3) is 0.125. The first-order valence-corrected chi connectivity index (χ1v) is 7.38. The van der Waals surface area contributed by atoms with Crippen LogP contribution in [0.2, 0.25) is 5.02 Å². The molecule has 0 saturated carbocycles. The summed E-state index contributed by atoms with van der Waals surface area (Å²) in [4.78, 5) is 33.3. The molecule has 0 aliphatic rings. The van der Waals surface area contributed by atoms with Crippen LogP contribution in [0, 0.1) is 15.9 Å². The van der Waals surface area contributed by atoms with E-state index in [4.69, 9.17) is 11.6 Å². The third-order valence-corrected chi connectivity index (χ3v) is 3.61. The molecule has 0 aliphatic carbocycles. The fourth-order valence-corrected chi connectivity index (χ4v) is 2.23. The van der Waals surface area contributed by atoms with E-state index in [1.165, 1.54) is 30.3 Å². The zero-order valence-electron chi connectivity index (χ0n) is 12.6. The Kier molecular flexibility index (Phi) is 5.66. The highest BCUT2D eigenvalue weighted by molar-refractivity contribution is 6.30. The van der Waals surface area contributed by atoms with Crippen LogP contribution in [0.25, 0.3) is 0 Å². The summed E-state index contributed by atoms with van der Waals surface area (Å²) >= 11 is 5.72. The van der Waals surface area contributed by atoms with Crippen LogP contribution in [0.3, 0.4) is 0 Å². The number of carbonyl (C=O) groups excluding carboxylic acids is 1. The summed E-state index contributed by atoms with van der Waals surface area (Å²) < 4.78 is 13.3. The highest BCUT2D eigenvalue weighted by Gasteiger charge is 2.23. The first kappa shape index (κ1) is 18.3. The van der Waals surface area contributed by atoms with Gasteiger partial charge in [0.15, 0.2) is 0 Å². The van der Waals surface area contributed by atoms with E-state index in [0.717, 1.165) is 12.1 Å². The lowest BCUT2D eigenvalue weighted by Crippen LogP contribution is -2.42. The predicted molar refractivity (Wildman–Crippen MR) is 87.1 cm³/mol. The van der Waals surface area contributed by atoms with Crippen molar-refractivity contribution in [3.05, 3.63) is 74.5 Å². The number of nitrogens with zero attached hydrogens (tertiary/aromatic N) is 1. The molecule has 1 amide bonds. The van der Waals surface area contributed by atoms with Crippen molar-refractivity contribution in [1.29, 1.82) is 0 Å². The number of carboxylic acid groups (broad SMARTS) is 1. The maximum Gasteiger partial charge on any atom is 0.326 e. The molecule has 130 valence electrons. The summed E-state index contributed by atoms with van der Waals surface area (Å²) in [5.41, 5.74) is -0.344. The van der Waals surface area contributed by atoms with Gasteiger partial charge in [0.1, 0.15) is 6.04 Å². The van der Waals surface area contributed by atoms with Gasteiger partial charge in [0.05, 0.1) is 4.92 Å². The van der Waals surface area contributed by atoms with Crippen LogP contribution in [-0.2, 0) is 11.2 Å². The third-order valence-electron chi connectivity index (χ3n) is 3.36. The first-order valence-electron chi connectivity index (χ1n) is 7.00. The molecule has 0 heterocycles. The van der Waals surface area contributed by atoms with Gasteiger partial charge in [-0.2, -0.15) is 4.39 Å². The summed E-state index contributed by atoms with van der Waals surface area (Å²) in [5.74, 6) is -2.99. The van der Waals surface area contributed by atoms with E-state index in [2.05, 4.69) is 5.32 Å². The van der Waals surface area contributed by atoms with Crippen molar-refractivity contribution >= 4 is 29.2 Å². The smallest absolute Gasteiger partial charge is 0.326 e. The number of nitro benzene ring substituents is 1. The molecule has 0 aliphatic heterocycles. The number of nitro groups is 1. The Morgan fingerprint density at radius 1 is 1.24 bits per heavy atom. The van der Waals surface area contributed by atoms with Gasteiger partial charge in [-0.05, 0) is 35.9 Å². The number of benzene rings is 2. The SMILES string of the molecule is O=C(N[C@H](Cc1ccc(F)c([N+](=O)[O-])c1)C(=O)O)c1ccc(Cl)cc1.